The number of likely N-dealkylation sites (N-methyl/N-ethyl adjacent to an activating group) is 1. The second-order valence-corrected chi connectivity index (χ2v) is 5.65. The summed E-state index contributed by atoms with van der Waals surface area (Å²) < 4.78 is 0. The number of carbonyl (C=O) groups is 1. The van der Waals surface area contributed by atoms with Crippen LogP contribution in [0.25, 0.3) is 0 Å². The molecule has 104 valence electrons. The first kappa shape index (κ1) is 13.8. The lowest BCUT2D eigenvalue weighted by atomic mass is 10.0. The first-order valence-corrected chi connectivity index (χ1v) is 7.49. The van der Waals surface area contributed by atoms with Gasteiger partial charge in [-0.3, -0.25) is 9.69 Å². The Morgan fingerprint density at radius 2 is 2.17 bits per heavy atom. The van der Waals surface area contributed by atoms with E-state index >= 15 is 0 Å². The summed E-state index contributed by atoms with van der Waals surface area (Å²) in [5, 5.41) is 6.53. The normalized spacial score (nSPS) is 26.1. The maximum Gasteiger partial charge on any atom is 0.237 e. The highest BCUT2D eigenvalue weighted by molar-refractivity contribution is 5.81. The predicted octanol–water partition coefficient (Wildman–Crippen LogP) is 1.12. The SMILES string of the molecule is CCNC(=O)C(C)N(CC1CCCCN1)C1CC1. The molecule has 1 saturated heterocycles. The molecule has 0 radical (unpaired) electrons. The van der Waals surface area contributed by atoms with Crippen LogP contribution in [0.3, 0.4) is 0 Å². The van der Waals surface area contributed by atoms with Gasteiger partial charge in [0.1, 0.15) is 0 Å². The molecular weight excluding hydrogens is 226 g/mol. The maximum absolute atomic E-state index is 12.0. The predicted molar refractivity (Wildman–Crippen MR) is 73.5 cm³/mol. The molecule has 0 aromatic heterocycles. The molecule has 0 bridgehead atoms. The Morgan fingerprint density at radius 3 is 2.72 bits per heavy atom. The van der Waals surface area contributed by atoms with Gasteiger partial charge >= 0.3 is 0 Å². The van der Waals surface area contributed by atoms with Gasteiger partial charge in [-0.05, 0) is 46.1 Å². The number of piperidine rings is 1. The van der Waals surface area contributed by atoms with E-state index in [1.54, 1.807) is 0 Å². The summed E-state index contributed by atoms with van der Waals surface area (Å²) in [5.74, 6) is 0.181. The number of nitrogens with zero attached hydrogens (tertiary/aromatic N) is 1. The maximum atomic E-state index is 12.0. The lowest BCUT2D eigenvalue weighted by Gasteiger charge is -2.34. The summed E-state index contributed by atoms with van der Waals surface area (Å²) in [6.45, 7) is 6.92. The van der Waals surface area contributed by atoms with E-state index in [0.29, 0.717) is 12.1 Å². The zero-order valence-electron chi connectivity index (χ0n) is 11.7. The average Bonchev–Trinajstić information content (AvgIpc) is 3.21. The van der Waals surface area contributed by atoms with Crippen LogP contribution in [0.4, 0.5) is 0 Å². The highest BCUT2D eigenvalue weighted by Crippen LogP contribution is 2.29. The van der Waals surface area contributed by atoms with Crippen LogP contribution in [-0.4, -0.2) is 48.6 Å². The third-order valence-corrected chi connectivity index (χ3v) is 4.09. The molecule has 0 aromatic carbocycles. The molecule has 0 aromatic rings. The molecule has 1 aliphatic carbocycles. The number of amides is 1. The van der Waals surface area contributed by atoms with Crippen LogP contribution in [0.2, 0.25) is 0 Å². The van der Waals surface area contributed by atoms with E-state index in [2.05, 4.69) is 15.5 Å². The van der Waals surface area contributed by atoms with Crippen molar-refractivity contribution in [1.29, 1.82) is 0 Å². The summed E-state index contributed by atoms with van der Waals surface area (Å²) >= 11 is 0. The van der Waals surface area contributed by atoms with Gasteiger partial charge in [0, 0.05) is 25.2 Å². The minimum Gasteiger partial charge on any atom is -0.355 e. The van der Waals surface area contributed by atoms with Crippen LogP contribution in [0.15, 0.2) is 0 Å². The lowest BCUT2D eigenvalue weighted by Crippen LogP contribution is -2.52. The molecule has 2 unspecified atom stereocenters. The Morgan fingerprint density at radius 1 is 1.39 bits per heavy atom. The molecule has 2 fully saturated rings. The quantitative estimate of drug-likeness (QED) is 0.745. The van der Waals surface area contributed by atoms with Crippen molar-refractivity contribution in [2.45, 2.75) is 64.1 Å². The standard InChI is InChI=1S/C14H27N3O/c1-3-15-14(18)11(2)17(13-7-8-13)10-12-6-4-5-9-16-12/h11-13,16H,3-10H2,1-2H3,(H,15,18). The first-order chi connectivity index (χ1) is 8.72. The van der Waals surface area contributed by atoms with Gasteiger partial charge in [0.15, 0.2) is 0 Å². The minimum atomic E-state index is 0.0150. The van der Waals surface area contributed by atoms with Crippen molar-refractivity contribution in [1.82, 2.24) is 15.5 Å². The zero-order chi connectivity index (χ0) is 13.0. The third kappa shape index (κ3) is 3.69. The highest BCUT2D eigenvalue weighted by atomic mass is 16.2. The summed E-state index contributed by atoms with van der Waals surface area (Å²) in [6, 6.07) is 1.24. The molecule has 1 saturated carbocycles. The largest absolute Gasteiger partial charge is 0.355 e. The van der Waals surface area contributed by atoms with Gasteiger partial charge in [-0.1, -0.05) is 6.42 Å². The van der Waals surface area contributed by atoms with Crippen LogP contribution in [-0.2, 0) is 4.79 Å². The van der Waals surface area contributed by atoms with Crippen molar-refractivity contribution in [3.05, 3.63) is 0 Å². The Bertz CT molecular complexity index is 272. The van der Waals surface area contributed by atoms with E-state index in [-0.39, 0.29) is 11.9 Å². The number of hydrogen-bond donors (Lipinski definition) is 2. The minimum absolute atomic E-state index is 0.0150. The van der Waals surface area contributed by atoms with Crippen molar-refractivity contribution in [2.24, 2.45) is 0 Å². The molecule has 0 spiro atoms. The number of hydrogen-bond acceptors (Lipinski definition) is 3. The van der Waals surface area contributed by atoms with Gasteiger partial charge in [0.2, 0.25) is 5.91 Å². The smallest absolute Gasteiger partial charge is 0.237 e. The van der Waals surface area contributed by atoms with E-state index in [1.807, 2.05) is 13.8 Å². The van der Waals surface area contributed by atoms with Gasteiger partial charge in [0.25, 0.3) is 0 Å². The van der Waals surface area contributed by atoms with E-state index < -0.39 is 0 Å². The molecule has 2 atom stereocenters. The molecule has 2 aliphatic rings. The number of rotatable bonds is 6. The molecule has 2 rings (SSSR count). The second kappa shape index (κ2) is 6.53. The van der Waals surface area contributed by atoms with Crippen molar-refractivity contribution in [3.8, 4) is 0 Å². The summed E-state index contributed by atoms with van der Waals surface area (Å²) in [7, 11) is 0. The highest BCUT2D eigenvalue weighted by Gasteiger charge is 2.36. The molecule has 18 heavy (non-hydrogen) atoms. The molecule has 1 amide bonds. The van der Waals surface area contributed by atoms with Crippen molar-refractivity contribution in [2.75, 3.05) is 19.6 Å². The fraction of sp³-hybridized carbons (Fsp3) is 0.929. The van der Waals surface area contributed by atoms with Crippen molar-refractivity contribution in [3.63, 3.8) is 0 Å². The molecule has 1 aliphatic heterocycles. The van der Waals surface area contributed by atoms with E-state index in [1.165, 1.54) is 32.1 Å². The first-order valence-electron chi connectivity index (χ1n) is 7.49. The van der Waals surface area contributed by atoms with Crippen LogP contribution in [0.5, 0.6) is 0 Å². The van der Waals surface area contributed by atoms with Crippen LogP contribution in [0, 0.1) is 0 Å². The summed E-state index contributed by atoms with van der Waals surface area (Å²) in [5.41, 5.74) is 0. The lowest BCUT2D eigenvalue weighted by molar-refractivity contribution is -0.126. The van der Waals surface area contributed by atoms with Crippen LogP contribution in [0.1, 0.15) is 46.0 Å². The van der Waals surface area contributed by atoms with Gasteiger partial charge < -0.3 is 10.6 Å². The Labute approximate surface area is 110 Å². The fourth-order valence-corrected chi connectivity index (χ4v) is 2.84. The molecular formula is C14H27N3O. The Balaban J connectivity index is 1.88. The van der Waals surface area contributed by atoms with Crippen molar-refractivity contribution < 1.29 is 4.79 Å². The van der Waals surface area contributed by atoms with Gasteiger partial charge in [0.05, 0.1) is 6.04 Å². The van der Waals surface area contributed by atoms with Crippen LogP contribution < -0.4 is 10.6 Å². The van der Waals surface area contributed by atoms with Gasteiger partial charge in [-0.15, -0.1) is 0 Å². The molecule has 4 heteroatoms. The van der Waals surface area contributed by atoms with Crippen molar-refractivity contribution >= 4 is 5.91 Å². The van der Waals surface area contributed by atoms with Gasteiger partial charge in [-0.25, -0.2) is 0 Å². The fourth-order valence-electron chi connectivity index (χ4n) is 2.84. The van der Waals surface area contributed by atoms with Gasteiger partial charge in [-0.2, -0.15) is 0 Å². The van der Waals surface area contributed by atoms with E-state index in [9.17, 15) is 4.79 Å². The Kier molecular flexibility index (Phi) is 5.01. The zero-order valence-corrected chi connectivity index (χ0v) is 11.7. The summed E-state index contributed by atoms with van der Waals surface area (Å²) in [4.78, 5) is 14.4. The van der Waals surface area contributed by atoms with E-state index in [4.69, 9.17) is 0 Å². The van der Waals surface area contributed by atoms with E-state index in [0.717, 1.165) is 19.6 Å². The summed E-state index contributed by atoms with van der Waals surface area (Å²) in [6.07, 6.45) is 6.40. The number of carbonyl (C=O) groups excluding carboxylic acids is 1. The molecule has 2 N–H and O–H groups in total. The van der Waals surface area contributed by atoms with Crippen LogP contribution >= 0.6 is 0 Å². The molecule has 4 nitrogen and oxygen atoms in total. The Hall–Kier alpha value is -0.610. The second-order valence-electron chi connectivity index (χ2n) is 5.65. The number of nitrogens with one attached hydrogen (secondary N) is 2. The third-order valence-electron chi connectivity index (χ3n) is 4.09. The molecule has 1 heterocycles. The monoisotopic (exact) mass is 253 g/mol. The average molecular weight is 253 g/mol. The topological polar surface area (TPSA) is 44.4 Å².